The van der Waals surface area contributed by atoms with Crippen LogP contribution in [0.1, 0.15) is 29.2 Å². The Kier molecular flexibility index (Phi) is 3.37. The van der Waals surface area contributed by atoms with E-state index in [0.29, 0.717) is 36.9 Å². The smallest absolute Gasteiger partial charge is 0.226 e. The average molecular weight is 329 g/mol. The number of nitrogens with one attached hydrogen (secondary N) is 1. The molecule has 0 aliphatic carbocycles. The largest absolute Gasteiger partial charge is 0.496 e. The molecule has 24 heavy (non-hydrogen) atoms. The average Bonchev–Trinajstić information content (AvgIpc) is 2.87. The van der Waals surface area contributed by atoms with Crippen LogP contribution in [0, 0.1) is 6.92 Å². The van der Waals surface area contributed by atoms with Gasteiger partial charge in [0.25, 0.3) is 0 Å². The van der Waals surface area contributed by atoms with Gasteiger partial charge < -0.3 is 19.5 Å². The molecule has 0 saturated carbocycles. The molecule has 2 aliphatic rings. The van der Waals surface area contributed by atoms with Gasteiger partial charge in [0, 0.05) is 36.6 Å². The summed E-state index contributed by atoms with van der Waals surface area (Å²) in [5.41, 5.74) is 2.83. The lowest BCUT2D eigenvalue weighted by Crippen LogP contribution is -2.25. The quantitative estimate of drug-likeness (QED) is 0.912. The van der Waals surface area contributed by atoms with Crippen LogP contribution in [0.15, 0.2) is 12.1 Å². The van der Waals surface area contributed by atoms with Crippen molar-refractivity contribution in [3.8, 4) is 17.2 Å². The number of benzene rings is 1. The first kappa shape index (κ1) is 14.9. The molecule has 1 atom stereocenters. The van der Waals surface area contributed by atoms with Crippen molar-refractivity contribution in [2.45, 2.75) is 19.3 Å². The fourth-order valence-corrected chi connectivity index (χ4v) is 3.51. The number of ether oxygens (including phenoxy) is 3. The van der Waals surface area contributed by atoms with Gasteiger partial charge in [-0.15, -0.1) is 0 Å². The molecule has 1 amide bonds. The maximum Gasteiger partial charge on any atom is 0.226 e. The summed E-state index contributed by atoms with van der Waals surface area (Å²) in [6.07, 6.45) is 0.343. The SMILES string of the molecule is COc1cc2c(cc1[C@@H]1CC(=O)Nc3c1c(C)nn3C)OCCO2. The Labute approximate surface area is 139 Å². The summed E-state index contributed by atoms with van der Waals surface area (Å²) in [6, 6.07) is 3.76. The number of carbonyl (C=O) groups excluding carboxylic acids is 1. The van der Waals surface area contributed by atoms with Crippen molar-refractivity contribution in [3.63, 3.8) is 0 Å². The molecule has 7 heteroatoms. The van der Waals surface area contributed by atoms with E-state index in [-0.39, 0.29) is 11.8 Å². The molecule has 126 valence electrons. The van der Waals surface area contributed by atoms with E-state index in [1.54, 1.807) is 11.8 Å². The van der Waals surface area contributed by atoms with E-state index in [4.69, 9.17) is 14.2 Å². The van der Waals surface area contributed by atoms with E-state index < -0.39 is 0 Å². The molecule has 0 bridgehead atoms. The summed E-state index contributed by atoms with van der Waals surface area (Å²) in [7, 11) is 3.45. The Balaban J connectivity index is 1.89. The maximum absolute atomic E-state index is 12.2. The normalized spacial score (nSPS) is 18.8. The molecule has 2 aliphatic heterocycles. The zero-order valence-electron chi connectivity index (χ0n) is 13.9. The topological polar surface area (TPSA) is 74.6 Å². The minimum atomic E-state index is -0.131. The number of hydrogen-bond acceptors (Lipinski definition) is 5. The lowest BCUT2D eigenvalue weighted by atomic mass is 9.85. The number of amides is 1. The van der Waals surface area contributed by atoms with E-state index in [9.17, 15) is 4.79 Å². The van der Waals surface area contributed by atoms with E-state index in [2.05, 4.69) is 10.4 Å². The predicted molar refractivity (Wildman–Crippen MR) is 87.0 cm³/mol. The van der Waals surface area contributed by atoms with Gasteiger partial charge in [0.2, 0.25) is 5.91 Å². The minimum Gasteiger partial charge on any atom is -0.496 e. The van der Waals surface area contributed by atoms with Crippen molar-refractivity contribution in [3.05, 3.63) is 29.0 Å². The summed E-state index contributed by atoms with van der Waals surface area (Å²) >= 11 is 0. The number of rotatable bonds is 2. The number of hydrogen-bond donors (Lipinski definition) is 1. The maximum atomic E-state index is 12.2. The highest BCUT2D eigenvalue weighted by molar-refractivity contribution is 5.94. The van der Waals surface area contributed by atoms with Gasteiger partial charge in [-0.3, -0.25) is 9.48 Å². The van der Waals surface area contributed by atoms with Gasteiger partial charge in [0.05, 0.1) is 12.8 Å². The lowest BCUT2D eigenvalue weighted by molar-refractivity contribution is -0.116. The first-order valence-corrected chi connectivity index (χ1v) is 7.89. The Bertz CT molecular complexity index is 828. The third-order valence-corrected chi connectivity index (χ3v) is 4.53. The molecule has 0 spiro atoms. The molecular formula is C17H19N3O4. The highest BCUT2D eigenvalue weighted by atomic mass is 16.6. The number of anilines is 1. The first-order valence-electron chi connectivity index (χ1n) is 7.89. The minimum absolute atomic E-state index is 0.0348. The van der Waals surface area contributed by atoms with E-state index in [1.165, 1.54) is 0 Å². The standard InChI is InChI=1S/C17H19N3O4/c1-9-16-11(7-15(21)18-17(16)20(2)19-9)10-6-13-14(8-12(10)22-3)24-5-4-23-13/h6,8,11H,4-5,7H2,1-3H3,(H,18,21)/t11-/m0/s1. The van der Waals surface area contributed by atoms with Crippen molar-refractivity contribution in [2.75, 3.05) is 25.6 Å². The number of aryl methyl sites for hydroxylation is 2. The highest BCUT2D eigenvalue weighted by Gasteiger charge is 2.34. The second kappa shape index (κ2) is 5.43. The molecule has 7 nitrogen and oxygen atoms in total. The fraction of sp³-hybridized carbons (Fsp3) is 0.412. The first-order chi connectivity index (χ1) is 11.6. The molecule has 0 unspecified atom stereocenters. The van der Waals surface area contributed by atoms with Crippen molar-refractivity contribution < 1.29 is 19.0 Å². The third-order valence-electron chi connectivity index (χ3n) is 4.53. The molecule has 1 N–H and O–H groups in total. The Morgan fingerprint density at radius 2 is 2.00 bits per heavy atom. The van der Waals surface area contributed by atoms with Gasteiger partial charge in [-0.25, -0.2) is 0 Å². The number of methoxy groups -OCH3 is 1. The third kappa shape index (κ3) is 2.19. The van der Waals surface area contributed by atoms with E-state index in [0.717, 1.165) is 22.6 Å². The number of nitrogens with zero attached hydrogens (tertiary/aromatic N) is 2. The van der Waals surface area contributed by atoms with Gasteiger partial charge in [-0.1, -0.05) is 0 Å². The number of aromatic nitrogens is 2. The molecule has 1 aromatic heterocycles. The van der Waals surface area contributed by atoms with Crippen LogP contribution < -0.4 is 19.5 Å². The predicted octanol–water partition coefficient (Wildman–Crippen LogP) is 1.98. The zero-order chi connectivity index (χ0) is 16.8. The Morgan fingerprint density at radius 1 is 1.29 bits per heavy atom. The van der Waals surface area contributed by atoms with Crippen LogP contribution in [0.25, 0.3) is 0 Å². The summed E-state index contributed by atoms with van der Waals surface area (Å²) in [4.78, 5) is 12.2. The van der Waals surface area contributed by atoms with E-state index >= 15 is 0 Å². The van der Waals surface area contributed by atoms with Crippen LogP contribution in [0.4, 0.5) is 5.82 Å². The zero-order valence-corrected chi connectivity index (χ0v) is 13.9. The van der Waals surface area contributed by atoms with Crippen LogP contribution in [-0.4, -0.2) is 36.0 Å². The van der Waals surface area contributed by atoms with Crippen LogP contribution in [-0.2, 0) is 11.8 Å². The van der Waals surface area contributed by atoms with Crippen molar-refractivity contribution in [1.29, 1.82) is 0 Å². The van der Waals surface area contributed by atoms with E-state index in [1.807, 2.05) is 26.1 Å². The molecule has 4 rings (SSSR count). The van der Waals surface area contributed by atoms with Crippen LogP contribution in [0.3, 0.4) is 0 Å². The van der Waals surface area contributed by atoms with Gasteiger partial charge >= 0.3 is 0 Å². The molecule has 0 radical (unpaired) electrons. The van der Waals surface area contributed by atoms with Crippen LogP contribution >= 0.6 is 0 Å². The molecule has 0 saturated heterocycles. The second-order valence-corrected chi connectivity index (χ2v) is 6.01. The molecule has 1 aromatic carbocycles. The summed E-state index contributed by atoms with van der Waals surface area (Å²) in [5.74, 6) is 2.62. The summed E-state index contributed by atoms with van der Waals surface area (Å²) < 4.78 is 18.6. The van der Waals surface area contributed by atoms with Gasteiger partial charge in [-0.2, -0.15) is 5.10 Å². The van der Waals surface area contributed by atoms with Crippen LogP contribution in [0.2, 0.25) is 0 Å². The molecular weight excluding hydrogens is 310 g/mol. The van der Waals surface area contributed by atoms with Gasteiger partial charge in [0.1, 0.15) is 24.8 Å². The molecule has 2 aromatic rings. The lowest BCUT2D eigenvalue weighted by Gasteiger charge is -2.27. The summed E-state index contributed by atoms with van der Waals surface area (Å²) in [6.45, 7) is 2.99. The number of fused-ring (bicyclic) bond motifs is 2. The van der Waals surface area contributed by atoms with Gasteiger partial charge in [-0.05, 0) is 13.0 Å². The molecule has 0 fully saturated rings. The van der Waals surface area contributed by atoms with Crippen molar-refractivity contribution in [1.82, 2.24) is 9.78 Å². The second-order valence-electron chi connectivity index (χ2n) is 6.01. The van der Waals surface area contributed by atoms with Gasteiger partial charge in [0.15, 0.2) is 11.5 Å². The summed E-state index contributed by atoms with van der Waals surface area (Å²) in [5, 5.41) is 7.36. The monoisotopic (exact) mass is 329 g/mol. The number of carbonyl (C=O) groups is 1. The Hall–Kier alpha value is -2.70. The van der Waals surface area contributed by atoms with Crippen LogP contribution in [0.5, 0.6) is 17.2 Å². The van der Waals surface area contributed by atoms with Crippen molar-refractivity contribution in [2.24, 2.45) is 7.05 Å². The van der Waals surface area contributed by atoms with Crippen molar-refractivity contribution >= 4 is 11.7 Å². The Morgan fingerprint density at radius 3 is 2.71 bits per heavy atom. The highest BCUT2D eigenvalue weighted by Crippen LogP contribution is 2.46. The fourth-order valence-electron chi connectivity index (χ4n) is 3.51. The molecule has 3 heterocycles.